The molecule has 0 saturated carbocycles. The summed E-state index contributed by atoms with van der Waals surface area (Å²) >= 11 is 0. The number of esters is 1. The lowest BCUT2D eigenvalue weighted by Crippen LogP contribution is -2.48. The third-order valence-electron chi connectivity index (χ3n) is 5.40. The van der Waals surface area contributed by atoms with E-state index in [1.807, 2.05) is 26.8 Å². The summed E-state index contributed by atoms with van der Waals surface area (Å²) in [5, 5.41) is 2.80. The molecule has 6 nitrogen and oxygen atoms in total. The first-order valence-electron chi connectivity index (χ1n) is 10.1. The summed E-state index contributed by atoms with van der Waals surface area (Å²) in [5.74, 6) is -0.274. The van der Waals surface area contributed by atoms with E-state index in [4.69, 9.17) is 9.47 Å². The maximum atomic E-state index is 13.4. The van der Waals surface area contributed by atoms with Gasteiger partial charge in [-0.25, -0.2) is 14.0 Å². The van der Waals surface area contributed by atoms with E-state index < -0.39 is 23.9 Å². The summed E-state index contributed by atoms with van der Waals surface area (Å²) in [6.45, 7) is 7.84. The number of carbonyl (C=O) groups excluding carboxylic acids is 2. The van der Waals surface area contributed by atoms with Crippen LogP contribution < -0.4 is 10.1 Å². The Morgan fingerprint density at radius 1 is 1.16 bits per heavy atom. The van der Waals surface area contributed by atoms with Crippen molar-refractivity contribution in [3.63, 3.8) is 0 Å². The minimum absolute atomic E-state index is 0.000500. The molecule has 1 aliphatic rings. The molecule has 0 saturated heterocycles. The molecule has 1 atom stereocenters. The number of hydrogen-bond acceptors (Lipinski definition) is 4. The van der Waals surface area contributed by atoms with Crippen LogP contribution in [0.15, 0.2) is 47.7 Å². The van der Waals surface area contributed by atoms with E-state index in [-0.39, 0.29) is 18.8 Å². The molecule has 1 aliphatic heterocycles. The zero-order chi connectivity index (χ0) is 22.7. The Balaban J connectivity index is 2.05. The predicted octanol–water partition coefficient (Wildman–Crippen LogP) is 4.34. The number of urea groups is 1. The Hall–Kier alpha value is -3.35. The lowest BCUT2D eigenvalue weighted by Gasteiger charge is -2.34. The van der Waals surface area contributed by atoms with E-state index in [1.54, 1.807) is 14.0 Å². The number of likely N-dealkylation sites (N-methyl/N-ethyl adjacent to an activating group) is 1. The van der Waals surface area contributed by atoms with Gasteiger partial charge in [0, 0.05) is 7.05 Å². The van der Waals surface area contributed by atoms with E-state index in [1.165, 1.54) is 29.2 Å². The first-order valence-corrected chi connectivity index (χ1v) is 10.1. The largest absolute Gasteiger partial charge is 0.487 e. The molecule has 2 aromatic rings. The third kappa shape index (κ3) is 4.71. The second kappa shape index (κ2) is 9.20. The zero-order valence-electron chi connectivity index (χ0n) is 18.4. The van der Waals surface area contributed by atoms with Crippen molar-refractivity contribution < 1.29 is 23.5 Å². The van der Waals surface area contributed by atoms with Gasteiger partial charge in [0.15, 0.2) is 0 Å². The molecule has 3 rings (SSSR count). The van der Waals surface area contributed by atoms with Crippen LogP contribution in [-0.2, 0) is 9.53 Å². The van der Waals surface area contributed by atoms with Crippen molar-refractivity contribution in [1.82, 2.24) is 10.2 Å². The van der Waals surface area contributed by atoms with Crippen molar-refractivity contribution in [2.24, 2.45) is 0 Å². The molecule has 7 heteroatoms. The van der Waals surface area contributed by atoms with Crippen molar-refractivity contribution in [1.29, 1.82) is 0 Å². The summed E-state index contributed by atoms with van der Waals surface area (Å²) in [5.41, 5.74) is 4.37. The van der Waals surface area contributed by atoms with Gasteiger partial charge in [0.05, 0.1) is 23.9 Å². The molecule has 0 unspecified atom stereocenters. The van der Waals surface area contributed by atoms with Gasteiger partial charge in [0.2, 0.25) is 0 Å². The van der Waals surface area contributed by atoms with Crippen LogP contribution in [0.1, 0.15) is 35.2 Å². The summed E-state index contributed by atoms with van der Waals surface area (Å²) in [6.07, 6.45) is 0. The number of halogens is 1. The standard InChI is InChI=1S/C24H27FN2O4/c1-6-30-23(28)21-19(13-31-20-12-14(2)11-15(3)16(20)4)27(5)24(29)26-22(21)17-7-9-18(25)10-8-17/h7-12,22H,6,13H2,1-5H3,(H,26,29)/t22-/m0/s1. The molecule has 1 heterocycles. The maximum absolute atomic E-state index is 13.4. The Kier molecular flexibility index (Phi) is 6.63. The predicted molar refractivity (Wildman–Crippen MR) is 115 cm³/mol. The minimum atomic E-state index is -0.776. The van der Waals surface area contributed by atoms with Crippen molar-refractivity contribution in [3.8, 4) is 5.75 Å². The fourth-order valence-electron chi connectivity index (χ4n) is 3.58. The molecule has 0 fully saturated rings. The van der Waals surface area contributed by atoms with E-state index in [0.29, 0.717) is 17.0 Å². The van der Waals surface area contributed by atoms with Gasteiger partial charge in [-0.15, -0.1) is 0 Å². The molecular weight excluding hydrogens is 399 g/mol. The first-order chi connectivity index (χ1) is 14.7. The van der Waals surface area contributed by atoms with Gasteiger partial charge in [-0.3, -0.25) is 4.90 Å². The molecule has 2 amide bonds. The quantitative estimate of drug-likeness (QED) is 0.698. The van der Waals surface area contributed by atoms with Crippen molar-refractivity contribution in [2.75, 3.05) is 20.3 Å². The monoisotopic (exact) mass is 426 g/mol. The van der Waals surface area contributed by atoms with Gasteiger partial charge >= 0.3 is 12.0 Å². The summed E-state index contributed by atoms with van der Waals surface area (Å²) < 4.78 is 24.8. The van der Waals surface area contributed by atoms with Crippen LogP contribution in [-0.4, -0.2) is 37.2 Å². The van der Waals surface area contributed by atoms with Crippen LogP contribution in [0.3, 0.4) is 0 Å². The number of nitrogens with zero attached hydrogens (tertiary/aromatic N) is 1. The minimum Gasteiger partial charge on any atom is -0.487 e. The molecule has 1 N–H and O–H groups in total. The van der Waals surface area contributed by atoms with Crippen LogP contribution in [0, 0.1) is 26.6 Å². The lowest BCUT2D eigenvalue weighted by molar-refractivity contribution is -0.139. The summed E-state index contributed by atoms with van der Waals surface area (Å²) in [7, 11) is 1.57. The highest BCUT2D eigenvalue weighted by Gasteiger charge is 2.37. The normalized spacial score (nSPS) is 16.3. The van der Waals surface area contributed by atoms with Gasteiger partial charge < -0.3 is 14.8 Å². The Morgan fingerprint density at radius 3 is 2.48 bits per heavy atom. The van der Waals surface area contributed by atoms with Crippen molar-refractivity contribution in [3.05, 3.63) is 75.7 Å². The van der Waals surface area contributed by atoms with Crippen LogP contribution in [0.2, 0.25) is 0 Å². The van der Waals surface area contributed by atoms with Crippen molar-refractivity contribution >= 4 is 12.0 Å². The van der Waals surface area contributed by atoms with E-state index >= 15 is 0 Å². The number of nitrogens with one attached hydrogen (secondary N) is 1. The Morgan fingerprint density at radius 2 is 1.84 bits per heavy atom. The van der Waals surface area contributed by atoms with Gasteiger partial charge in [-0.1, -0.05) is 18.2 Å². The fraction of sp³-hybridized carbons (Fsp3) is 0.333. The molecule has 0 aromatic heterocycles. The van der Waals surface area contributed by atoms with Crippen LogP contribution in [0.5, 0.6) is 5.75 Å². The summed E-state index contributed by atoms with van der Waals surface area (Å²) in [4.78, 5) is 26.9. The number of ether oxygens (including phenoxy) is 2. The van der Waals surface area contributed by atoms with Gasteiger partial charge in [-0.2, -0.15) is 0 Å². The Labute approximate surface area is 181 Å². The van der Waals surface area contributed by atoms with Crippen LogP contribution in [0.4, 0.5) is 9.18 Å². The molecule has 164 valence electrons. The number of amides is 2. The fourth-order valence-corrected chi connectivity index (χ4v) is 3.58. The molecular formula is C24H27FN2O4. The van der Waals surface area contributed by atoms with E-state index in [9.17, 15) is 14.0 Å². The number of rotatable bonds is 6. The molecule has 2 aromatic carbocycles. The van der Waals surface area contributed by atoms with Gasteiger partial charge in [-0.05, 0) is 68.1 Å². The number of carbonyl (C=O) groups is 2. The zero-order valence-corrected chi connectivity index (χ0v) is 18.4. The Bertz CT molecular complexity index is 1030. The first kappa shape index (κ1) is 22.3. The number of hydrogen-bond donors (Lipinski definition) is 1. The number of aryl methyl sites for hydroxylation is 2. The molecule has 0 aliphatic carbocycles. The van der Waals surface area contributed by atoms with Crippen LogP contribution >= 0.6 is 0 Å². The maximum Gasteiger partial charge on any atom is 0.338 e. The smallest absolute Gasteiger partial charge is 0.338 e. The topological polar surface area (TPSA) is 67.9 Å². The van der Waals surface area contributed by atoms with Crippen LogP contribution in [0.25, 0.3) is 0 Å². The molecule has 0 bridgehead atoms. The molecule has 0 radical (unpaired) electrons. The van der Waals surface area contributed by atoms with E-state index in [2.05, 4.69) is 11.4 Å². The van der Waals surface area contributed by atoms with Crippen molar-refractivity contribution in [2.45, 2.75) is 33.7 Å². The van der Waals surface area contributed by atoms with Gasteiger partial charge in [0.25, 0.3) is 0 Å². The third-order valence-corrected chi connectivity index (χ3v) is 5.40. The highest BCUT2D eigenvalue weighted by molar-refractivity contribution is 5.95. The average Bonchev–Trinajstić information content (AvgIpc) is 2.72. The molecule has 0 spiro atoms. The number of benzene rings is 2. The lowest BCUT2D eigenvalue weighted by atomic mass is 9.94. The average molecular weight is 426 g/mol. The second-order valence-corrected chi connectivity index (χ2v) is 7.57. The van der Waals surface area contributed by atoms with Gasteiger partial charge in [0.1, 0.15) is 18.2 Å². The summed E-state index contributed by atoms with van der Waals surface area (Å²) in [6, 6.07) is 8.48. The highest BCUT2D eigenvalue weighted by Crippen LogP contribution is 2.32. The molecule has 31 heavy (non-hydrogen) atoms. The second-order valence-electron chi connectivity index (χ2n) is 7.57. The van der Waals surface area contributed by atoms with E-state index in [0.717, 1.165) is 16.7 Å². The SMILES string of the molecule is CCOC(=O)C1=C(COc2cc(C)cc(C)c2C)N(C)C(=O)N[C@H]1c1ccc(F)cc1. The highest BCUT2D eigenvalue weighted by atomic mass is 19.1.